The summed E-state index contributed by atoms with van der Waals surface area (Å²) in [6.07, 6.45) is 16.9. The predicted molar refractivity (Wildman–Crippen MR) is 110 cm³/mol. The third kappa shape index (κ3) is 10.6. The molecule has 0 spiro atoms. The predicted octanol–water partition coefficient (Wildman–Crippen LogP) is 7.52. The van der Waals surface area contributed by atoms with E-state index in [0.29, 0.717) is 4.28 Å². The Kier molecular flexibility index (Phi) is 11.8. The van der Waals surface area contributed by atoms with Gasteiger partial charge in [0.2, 0.25) is 0 Å². The molecule has 0 amide bonds. The van der Waals surface area contributed by atoms with Crippen molar-refractivity contribution in [3.05, 3.63) is 35.9 Å². The van der Waals surface area contributed by atoms with Gasteiger partial charge in [0.15, 0.2) is 0 Å². The molecule has 0 fully saturated rings. The first-order valence-corrected chi connectivity index (χ1v) is 10.9. The van der Waals surface area contributed by atoms with Crippen LogP contribution in [0.1, 0.15) is 97.0 Å². The molecule has 1 aromatic carbocycles. The molecule has 0 aromatic heterocycles. The molecule has 0 heterocycles. The smallest absolute Gasteiger partial charge is 0.0991 e. The summed E-state index contributed by atoms with van der Waals surface area (Å²) in [5.74, 6) is 0.763. The van der Waals surface area contributed by atoms with Crippen LogP contribution in [0.4, 0.5) is 0 Å². The van der Waals surface area contributed by atoms with Crippen LogP contribution >= 0.6 is 0 Å². The first-order valence-electron chi connectivity index (χ1n) is 10.4. The lowest BCUT2D eigenvalue weighted by Gasteiger charge is -2.32. The van der Waals surface area contributed by atoms with Crippen molar-refractivity contribution in [3.63, 3.8) is 0 Å². The van der Waals surface area contributed by atoms with Crippen molar-refractivity contribution in [1.82, 2.24) is 0 Å². The van der Waals surface area contributed by atoms with E-state index in [0.717, 1.165) is 5.92 Å². The third-order valence-electron chi connectivity index (χ3n) is 5.28. The number of hydrogen-bond donors (Lipinski definition) is 0. The minimum Gasteiger partial charge on any atom is -0.0991 e. The summed E-state index contributed by atoms with van der Waals surface area (Å²) in [4.78, 5) is 0. The van der Waals surface area contributed by atoms with Gasteiger partial charge in [-0.1, -0.05) is 126 Å². The molecule has 1 heteroatoms. The van der Waals surface area contributed by atoms with Crippen LogP contribution in [0.25, 0.3) is 0 Å². The van der Waals surface area contributed by atoms with E-state index in [9.17, 15) is 0 Å². The van der Waals surface area contributed by atoms with E-state index in [2.05, 4.69) is 67.4 Å². The van der Waals surface area contributed by atoms with E-state index in [-0.39, 0.29) is 0 Å². The Morgan fingerprint density at radius 2 is 1.29 bits per heavy atom. The molecular formula is C23H39Al. The standard InChI is InChI=1S/C23H39.Al/c1-4-5-6-7-8-9-10-11-12-16-19-23(21(2)3)20-22-17-14-13-15-18-22;/h13-15,17-18,23H,4-12,16,19-20H2,1-3H3;. The van der Waals surface area contributed by atoms with Crippen molar-refractivity contribution in [1.29, 1.82) is 0 Å². The Hall–Kier alpha value is -0.248. The Labute approximate surface area is 160 Å². The molecule has 1 atom stereocenters. The highest BCUT2D eigenvalue weighted by atomic mass is 27.0. The fourth-order valence-electron chi connectivity index (χ4n) is 3.51. The van der Waals surface area contributed by atoms with E-state index in [1.54, 1.807) is 0 Å². The number of rotatable bonds is 14. The maximum absolute atomic E-state index is 3.09. The molecule has 0 saturated heterocycles. The number of hydrogen-bond acceptors (Lipinski definition) is 0. The van der Waals surface area contributed by atoms with E-state index in [1.165, 1.54) is 82.6 Å². The first kappa shape index (κ1) is 21.8. The molecule has 0 aliphatic carbocycles. The first-order chi connectivity index (χ1) is 11.5. The van der Waals surface area contributed by atoms with Crippen LogP contribution in [0.3, 0.4) is 0 Å². The van der Waals surface area contributed by atoms with Gasteiger partial charge in [0.05, 0.1) is 0 Å². The molecule has 0 N–H and O–H groups in total. The lowest BCUT2D eigenvalue weighted by molar-refractivity contribution is 0.359. The number of benzene rings is 1. The lowest BCUT2D eigenvalue weighted by atomic mass is 9.84. The minimum atomic E-state index is 0.328. The average Bonchev–Trinajstić information content (AvgIpc) is 2.55. The van der Waals surface area contributed by atoms with Crippen LogP contribution < -0.4 is 0 Å². The highest BCUT2D eigenvalue weighted by Gasteiger charge is 2.22. The van der Waals surface area contributed by atoms with Crippen LogP contribution in [0, 0.1) is 5.92 Å². The molecule has 0 aliphatic heterocycles. The molecule has 1 unspecified atom stereocenters. The van der Waals surface area contributed by atoms with E-state index in [1.807, 2.05) is 0 Å². The highest BCUT2D eigenvalue weighted by molar-refractivity contribution is 6.14. The zero-order chi connectivity index (χ0) is 17.7. The minimum absolute atomic E-state index is 0.328. The molecule has 24 heavy (non-hydrogen) atoms. The highest BCUT2D eigenvalue weighted by Crippen LogP contribution is 2.37. The zero-order valence-corrected chi connectivity index (χ0v) is 17.7. The van der Waals surface area contributed by atoms with Gasteiger partial charge in [-0.15, -0.1) is 0 Å². The van der Waals surface area contributed by atoms with E-state index in [4.69, 9.17) is 0 Å². The molecule has 0 saturated carbocycles. The normalized spacial score (nSPS) is 13.1. The maximum atomic E-state index is 3.09. The van der Waals surface area contributed by atoms with Crippen molar-refractivity contribution in [2.24, 2.45) is 5.92 Å². The SMILES string of the molecule is CCCCCCCCCCCCC(Cc1ccccc1)[C](C)(C)[Al]. The summed E-state index contributed by atoms with van der Waals surface area (Å²) in [5, 5.41) is 0. The molecule has 0 bridgehead atoms. The lowest BCUT2D eigenvalue weighted by Crippen LogP contribution is -2.20. The number of unbranched alkanes of at least 4 members (excludes halogenated alkanes) is 9. The summed E-state index contributed by atoms with van der Waals surface area (Å²) in [7, 11) is 0. The van der Waals surface area contributed by atoms with Crippen molar-refractivity contribution in [2.45, 2.75) is 102 Å². The van der Waals surface area contributed by atoms with Gasteiger partial charge in [-0.2, -0.15) is 0 Å². The monoisotopic (exact) mass is 342 g/mol. The van der Waals surface area contributed by atoms with Crippen LogP contribution in [-0.4, -0.2) is 16.3 Å². The van der Waals surface area contributed by atoms with Gasteiger partial charge in [0.1, 0.15) is 16.3 Å². The second-order valence-electron chi connectivity index (χ2n) is 8.18. The second-order valence-corrected chi connectivity index (χ2v) is 9.67. The van der Waals surface area contributed by atoms with Gasteiger partial charge < -0.3 is 0 Å². The Morgan fingerprint density at radius 3 is 1.79 bits per heavy atom. The summed E-state index contributed by atoms with van der Waals surface area (Å²) in [6, 6.07) is 11.0. The molecule has 1 rings (SSSR count). The maximum Gasteiger partial charge on any atom is 0.129 e. The van der Waals surface area contributed by atoms with Crippen LogP contribution in [-0.2, 0) is 6.42 Å². The van der Waals surface area contributed by atoms with Crippen molar-refractivity contribution >= 4 is 16.3 Å². The fourth-order valence-corrected chi connectivity index (χ4v) is 3.80. The quantitative estimate of drug-likeness (QED) is 0.242. The molecule has 0 nitrogen and oxygen atoms in total. The summed E-state index contributed by atoms with van der Waals surface area (Å²) in [5.41, 5.74) is 1.49. The van der Waals surface area contributed by atoms with E-state index >= 15 is 0 Å². The third-order valence-corrected chi connectivity index (χ3v) is 5.75. The summed E-state index contributed by atoms with van der Waals surface area (Å²) >= 11 is 3.09. The van der Waals surface area contributed by atoms with E-state index < -0.39 is 0 Å². The van der Waals surface area contributed by atoms with Gasteiger partial charge in [0.25, 0.3) is 0 Å². The molecule has 0 aliphatic rings. The van der Waals surface area contributed by atoms with Crippen LogP contribution in [0.5, 0.6) is 0 Å². The second kappa shape index (κ2) is 13.0. The van der Waals surface area contributed by atoms with Crippen molar-refractivity contribution in [3.8, 4) is 0 Å². The molecule has 1 aromatic rings. The van der Waals surface area contributed by atoms with Gasteiger partial charge in [-0.05, 0) is 17.9 Å². The van der Waals surface area contributed by atoms with Crippen LogP contribution in [0.15, 0.2) is 30.3 Å². The Bertz CT molecular complexity index is 390. The average molecular weight is 343 g/mol. The molecular weight excluding hydrogens is 303 g/mol. The summed E-state index contributed by atoms with van der Waals surface area (Å²) in [6.45, 7) is 7.05. The van der Waals surface area contributed by atoms with Gasteiger partial charge >= 0.3 is 0 Å². The molecule has 2 radical (unpaired) electrons. The zero-order valence-electron chi connectivity index (χ0n) is 16.5. The molecule has 134 valence electrons. The summed E-state index contributed by atoms with van der Waals surface area (Å²) < 4.78 is 0.328. The fraction of sp³-hybridized carbons (Fsp3) is 0.739. The van der Waals surface area contributed by atoms with Gasteiger partial charge in [-0.25, -0.2) is 0 Å². The van der Waals surface area contributed by atoms with Gasteiger partial charge in [0, 0.05) is 0 Å². The topological polar surface area (TPSA) is 0 Å². The largest absolute Gasteiger partial charge is 0.129 e. The van der Waals surface area contributed by atoms with Crippen LogP contribution in [0.2, 0.25) is 4.28 Å². The van der Waals surface area contributed by atoms with Crippen molar-refractivity contribution < 1.29 is 0 Å². The Morgan fingerprint density at radius 1 is 0.792 bits per heavy atom. The van der Waals surface area contributed by atoms with Crippen molar-refractivity contribution in [2.75, 3.05) is 0 Å². The van der Waals surface area contributed by atoms with Gasteiger partial charge in [-0.3, -0.25) is 0 Å². The Balaban J connectivity index is 2.15.